The van der Waals surface area contributed by atoms with E-state index in [9.17, 15) is 4.79 Å². The van der Waals surface area contributed by atoms with Crippen molar-refractivity contribution < 1.29 is 4.74 Å². The summed E-state index contributed by atoms with van der Waals surface area (Å²) < 4.78 is 5.29. The summed E-state index contributed by atoms with van der Waals surface area (Å²) in [7, 11) is 1.62. The maximum absolute atomic E-state index is 12.2. The van der Waals surface area contributed by atoms with Crippen LogP contribution in [-0.4, -0.2) is 23.8 Å². The van der Waals surface area contributed by atoms with E-state index in [2.05, 4.69) is 15.6 Å². The number of pyridine rings is 1. The molecule has 1 heterocycles. The zero-order chi connectivity index (χ0) is 18.5. The zero-order valence-corrected chi connectivity index (χ0v) is 15.6. The van der Waals surface area contributed by atoms with E-state index in [-0.39, 0.29) is 5.56 Å². The van der Waals surface area contributed by atoms with Crippen LogP contribution in [0.2, 0.25) is 0 Å². The first-order chi connectivity index (χ1) is 12.6. The fraction of sp³-hybridized carbons (Fsp3) is 0.200. The predicted molar refractivity (Wildman–Crippen MR) is 110 cm³/mol. The molecule has 3 rings (SSSR count). The Bertz CT molecular complexity index is 998. The second-order valence-electron chi connectivity index (χ2n) is 6.05. The lowest BCUT2D eigenvalue weighted by molar-refractivity contribution is 0.417. The number of aromatic amines is 1. The summed E-state index contributed by atoms with van der Waals surface area (Å²) in [6.45, 7) is 2.56. The maximum Gasteiger partial charge on any atom is 0.251 e. The topological polar surface area (TPSA) is 66.2 Å². The van der Waals surface area contributed by atoms with E-state index in [0.29, 0.717) is 18.1 Å². The molecule has 0 fully saturated rings. The van der Waals surface area contributed by atoms with Gasteiger partial charge in [-0.25, -0.2) is 0 Å². The minimum Gasteiger partial charge on any atom is -0.495 e. The molecule has 6 heteroatoms. The Morgan fingerprint density at radius 3 is 2.81 bits per heavy atom. The van der Waals surface area contributed by atoms with Crippen LogP contribution in [0.4, 0.5) is 5.69 Å². The van der Waals surface area contributed by atoms with Crippen LogP contribution in [0.3, 0.4) is 0 Å². The molecule has 0 amide bonds. The van der Waals surface area contributed by atoms with E-state index in [1.54, 1.807) is 7.11 Å². The van der Waals surface area contributed by atoms with E-state index >= 15 is 0 Å². The Balaban J connectivity index is 1.62. The normalized spacial score (nSPS) is 10.5. The number of hydrogen-bond donors (Lipinski definition) is 3. The van der Waals surface area contributed by atoms with Crippen molar-refractivity contribution in [3.63, 3.8) is 0 Å². The smallest absolute Gasteiger partial charge is 0.251 e. The van der Waals surface area contributed by atoms with Gasteiger partial charge < -0.3 is 20.4 Å². The van der Waals surface area contributed by atoms with Crippen LogP contribution in [0.25, 0.3) is 10.9 Å². The number of nitrogens with one attached hydrogen (secondary N) is 3. The fourth-order valence-electron chi connectivity index (χ4n) is 2.77. The van der Waals surface area contributed by atoms with Gasteiger partial charge in [0.25, 0.3) is 5.56 Å². The molecule has 0 aliphatic carbocycles. The average Bonchev–Trinajstić information content (AvgIpc) is 2.62. The summed E-state index contributed by atoms with van der Waals surface area (Å²) in [5.41, 5.74) is 3.45. The zero-order valence-electron chi connectivity index (χ0n) is 14.8. The summed E-state index contributed by atoms with van der Waals surface area (Å²) in [5, 5.41) is 7.75. The highest BCUT2D eigenvalue weighted by atomic mass is 32.1. The molecule has 0 bridgehead atoms. The number of rotatable bonds is 5. The number of thiocarbonyl (C=S) groups is 1. The van der Waals surface area contributed by atoms with E-state index in [0.717, 1.165) is 33.5 Å². The van der Waals surface area contributed by atoms with Crippen molar-refractivity contribution in [2.75, 3.05) is 19.0 Å². The molecule has 5 nitrogen and oxygen atoms in total. The van der Waals surface area contributed by atoms with Gasteiger partial charge >= 0.3 is 0 Å². The number of aryl methyl sites for hydroxylation is 1. The lowest BCUT2D eigenvalue weighted by Gasteiger charge is -2.13. The molecule has 0 spiro atoms. The van der Waals surface area contributed by atoms with Crippen LogP contribution >= 0.6 is 12.2 Å². The van der Waals surface area contributed by atoms with Crippen molar-refractivity contribution in [3.05, 3.63) is 70.0 Å². The maximum atomic E-state index is 12.2. The highest BCUT2D eigenvalue weighted by molar-refractivity contribution is 7.80. The minimum atomic E-state index is -0.0616. The monoisotopic (exact) mass is 367 g/mol. The first kappa shape index (κ1) is 17.9. The van der Waals surface area contributed by atoms with Crippen LogP contribution < -0.4 is 20.9 Å². The Hall–Kier alpha value is -2.86. The average molecular weight is 367 g/mol. The Kier molecular flexibility index (Phi) is 5.53. The van der Waals surface area contributed by atoms with Gasteiger partial charge in [0.2, 0.25) is 0 Å². The van der Waals surface area contributed by atoms with Crippen molar-refractivity contribution in [2.45, 2.75) is 13.3 Å². The third-order valence-electron chi connectivity index (χ3n) is 4.11. The van der Waals surface area contributed by atoms with Crippen LogP contribution in [-0.2, 0) is 6.42 Å². The molecular formula is C20H21N3O2S. The Morgan fingerprint density at radius 1 is 1.19 bits per heavy atom. The number of aromatic nitrogens is 1. The van der Waals surface area contributed by atoms with E-state index in [1.165, 1.54) is 0 Å². The number of methoxy groups -OCH3 is 1. The molecule has 134 valence electrons. The van der Waals surface area contributed by atoms with Gasteiger partial charge in [0.1, 0.15) is 5.75 Å². The summed E-state index contributed by atoms with van der Waals surface area (Å²) >= 11 is 5.32. The number of para-hydroxylation sites is 2. The highest BCUT2D eigenvalue weighted by Gasteiger charge is 2.06. The van der Waals surface area contributed by atoms with E-state index in [4.69, 9.17) is 17.0 Å². The first-order valence-corrected chi connectivity index (χ1v) is 8.78. The van der Waals surface area contributed by atoms with Crippen LogP contribution in [0, 0.1) is 6.92 Å². The minimum absolute atomic E-state index is 0.0616. The number of fused-ring (bicyclic) bond motifs is 1. The van der Waals surface area contributed by atoms with Crippen molar-refractivity contribution in [1.82, 2.24) is 10.3 Å². The van der Waals surface area contributed by atoms with Gasteiger partial charge in [0, 0.05) is 17.6 Å². The van der Waals surface area contributed by atoms with Crippen LogP contribution in [0.1, 0.15) is 11.1 Å². The largest absolute Gasteiger partial charge is 0.495 e. The van der Waals surface area contributed by atoms with Gasteiger partial charge in [-0.2, -0.15) is 0 Å². The Labute approximate surface area is 157 Å². The van der Waals surface area contributed by atoms with E-state index < -0.39 is 0 Å². The number of hydrogen-bond acceptors (Lipinski definition) is 3. The molecule has 0 atom stereocenters. The van der Waals surface area contributed by atoms with Gasteiger partial charge in [-0.15, -0.1) is 0 Å². The Morgan fingerprint density at radius 2 is 2.00 bits per heavy atom. The molecule has 2 aromatic carbocycles. The van der Waals surface area contributed by atoms with Crippen molar-refractivity contribution in [3.8, 4) is 5.75 Å². The van der Waals surface area contributed by atoms with Gasteiger partial charge in [-0.1, -0.05) is 24.3 Å². The predicted octanol–water partition coefficient (Wildman–Crippen LogP) is 3.37. The first-order valence-electron chi connectivity index (χ1n) is 8.37. The van der Waals surface area contributed by atoms with Crippen molar-refractivity contribution in [2.24, 2.45) is 0 Å². The molecule has 0 aliphatic heterocycles. The molecule has 0 aliphatic rings. The second-order valence-corrected chi connectivity index (χ2v) is 6.45. The lowest BCUT2D eigenvalue weighted by atomic mass is 10.1. The molecule has 3 N–H and O–H groups in total. The van der Waals surface area contributed by atoms with Gasteiger partial charge in [-0.3, -0.25) is 4.79 Å². The molecule has 0 unspecified atom stereocenters. The quantitative estimate of drug-likeness (QED) is 0.604. The van der Waals surface area contributed by atoms with Gasteiger partial charge in [0.05, 0.1) is 12.8 Å². The third-order valence-corrected chi connectivity index (χ3v) is 4.36. The number of anilines is 1. The SMILES string of the molecule is COc1ccccc1NC(=S)NCCc1cc2ccc(C)cc2[nH]c1=O. The van der Waals surface area contributed by atoms with Crippen LogP contribution in [0.5, 0.6) is 5.75 Å². The summed E-state index contributed by atoms with van der Waals surface area (Å²) in [5.74, 6) is 0.720. The van der Waals surface area contributed by atoms with Gasteiger partial charge in [0.15, 0.2) is 5.11 Å². The molecular weight excluding hydrogens is 346 g/mol. The third kappa shape index (κ3) is 4.21. The molecule has 0 saturated carbocycles. The second kappa shape index (κ2) is 8.01. The molecule has 3 aromatic rings. The van der Waals surface area contributed by atoms with Crippen molar-refractivity contribution >= 4 is 33.9 Å². The van der Waals surface area contributed by atoms with Crippen molar-refractivity contribution in [1.29, 1.82) is 0 Å². The summed E-state index contributed by atoms with van der Waals surface area (Å²) in [6, 6.07) is 15.5. The fourth-order valence-corrected chi connectivity index (χ4v) is 2.98. The highest BCUT2D eigenvalue weighted by Crippen LogP contribution is 2.22. The summed E-state index contributed by atoms with van der Waals surface area (Å²) in [4.78, 5) is 15.2. The molecule has 26 heavy (non-hydrogen) atoms. The van der Waals surface area contributed by atoms with E-state index in [1.807, 2.05) is 55.5 Å². The number of benzene rings is 2. The molecule has 0 radical (unpaired) electrons. The number of H-pyrrole nitrogens is 1. The van der Waals surface area contributed by atoms with Gasteiger partial charge in [-0.05, 0) is 60.8 Å². The molecule has 1 aromatic heterocycles. The standard InChI is InChI=1S/C20H21N3O2S/c1-13-7-8-14-12-15(19(24)22-17(14)11-13)9-10-21-20(26)23-16-5-3-4-6-18(16)25-2/h3-8,11-12H,9-10H2,1-2H3,(H,22,24)(H2,21,23,26). The summed E-state index contributed by atoms with van der Waals surface area (Å²) in [6.07, 6.45) is 0.576. The number of ether oxygens (including phenoxy) is 1. The van der Waals surface area contributed by atoms with Crippen LogP contribution in [0.15, 0.2) is 53.3 Å². The molecule has 0 saturated heterocycles. The lowest BCUT2D eigenvalue weighted by Crippen LogP contribution is -2.31.